The number of anilines is 1. The van der Waals surface area contributed by atoms with Crippen molar-refractivity contribution in [3.8, 4) is 0 Å². The quantitative estimate of drug-likeness (QED) is 0.435. The molecule has 0 saturated carbocycles. The Morgan fingerprint density at radius 1 is 0.966 bits per heavy atom. The Morgan fingerprint density at radius 3 is 2.55 bits per heavy atom. The third kappa shape index (κ3) is 4.18. The van der Waals surface area contributed by atoms with Crippen LogP contribution in [0.5, 0.6) is 0 Å². The van der Waals surface area contributed by atoms with Crippen LogP contribution in [0.2, 0.25) is 15.1 Å². The number of nitrogens with zero attached hydrogens (tertiary/aromatic N) is 3. The number of aromatic nitrogens is 3. The summed E-state index contributed by atoms with van der Waals surface area (Å²) in [6.07, 6.45) is 3.07. The molecular formula is C19H13Cl3N4O2S. The summed E-state index contributed by atoms with van der Waals surface area (Å²) in [4.78, 5) is 4.23. The van der Waals surface area contributed by atoms with Crippen LogP contribution in [-0.4, -0.2) is 23.2 Å². The number of benzene rings is 2. The summed E-state index contributed by atoms with van der Waals surface area (Å²) in [6, 6.07) is 13.7. The Bertz CT molecular complexity index is 1320. The zero-order valence-electron chi connectivity index (χ0n) is 14.7. The monoisotopic (exact) mass is 466 g/mol. The van der Waals surface area contributed by atoms with Crippen molar-refractivity contribution in [1.29, 1.82) is 0 Å². The van der Waals surface area contributed by atoms with E-state index in [-0.39, 0.29) is 15.7 Å². The van der Waals surface area contributed by atoms with E-state index >= 15 is 0 Å². The molecule has 0 atom stereocenters. The van der Waals surface area contributed by atoms with E-state index in [1.54, 1.807) is 48.7 Å². The van der Waals surface area contributed by atoms with E-state index in [2.05, 4.69) is 14.8 Å². The fourth-order valence-electron chi connectivity index (χ4n) is 2.85. The molecule has 10 heteroatoms. The molecule has 0 spiro atoms. The highest BCUT2D eigenvalue weighted by Crippen LogP contribution is 2.27. The molecule has 0 saturated heterocycles. The third-order valence-electron chi connectivity index (χ3n) is 4.16. The molecular weight excluding hydrogens is 455 g/mol. The average molecular weight is 468 g/mol. The van der Waals surface area contributed by atoms with Crippen molar-refractivity contribution < 1.29 is 8.42 Å². The molecule has 4 aromatic rings. The van der Waals surface area contributed by atoms with Gasteiger partial charge in [-0.2, -0.15) is 5.10 Å². The van der Waals surface area contributed by atoms with E-state index < -0.39 is 10.0 Å². The molecule has 6 nitrogen and oxygen atoms in total. The number of pyridine rings is 1. The van der Waals surface area contributed by atoms with Gasteiger partial charge in [-0.05, 0) is 29.8 Å². The first kappa shape index (κ1) is 20.0. The van der Waals surface area contributed by atoms with Crippen LogP contribution in [0.3, 0.4) is 0 Å². The minimum atomic E-state index is -3.95. The van der Waals surface area contributed by atoms with E-state index in [4.69, 9.17) is 34.8 Å². The molecule has 0 aliphatic carbocycles. The van der Waals surface area contributed by atoms with Gasteiger partial charge in [0, 0.05) is 17.8 Å². The second-order valence-corrected chi connectivity index (χ2v) is 9.08. The Balaban J connectivity index is 1.63. The summed E-state index contributed by atoms with van der Waals surface area (Å²) >= 11 is 18.2. The highest BCUT2D eigenvalue weighted by atomic mass is 35.5. The molecule has 29 heavy (non-hydrogen) atoms. The van der Waals surface area contributed by atoms with Crippen molar-refractivity contribution >= 4 is 61.5 Å². The third-order valence-corrected chi connectivity index (χ3v) is 6.55. The van der Waals surface area contributed by atoms with Gasteiger partial charge in [-0.25, -0.2) is 8.42 Å². The van der Waals surface area contributed by atoms with Crippen molar-refractivity contribution in [2.75, 3.05) is 4.72 Å². The lowest BCUT2D eigenvalue weighted by molar-refractivity contribution is 0.601. The molecule has 2 heterocycles. The maximum absolute atomic E-state index is 12.9. The summed E-state index contributed by atoms with van der Waals surface area (Å²) in [5, 5.41) is 6.00. The summed E-state index contributed by atoms with van der Waals surface area (Å²) in [7, 11) is -3.95. The first-order chi connectivity index (χ1) is 13.8. The number of rotatable bonds is 5. The lowest BCUT2D eigenvalue weighted by atomic mass is 10.2. The van der Waals surface area contributed by atoms with Crippen LogP contribution in [0.4, 0.5) is 5.82 Å². The molecule has 0 radical (unpaired) electrons. The standard InChI is InChI=1S/C19H13Cl3N4O2S/c20-14-7-6-12(9-15(14)21)10-26-11-16(22)19(24-26)25-29(27,28)17-5-1-3-13-4-2-8-23-18(13)17/h1-9,11H,10H2,(H,24,25). The fraction of sp³-hybridized carbons (Fsp3) is 0.0526. The summed E-state index contributed by atoms with van der Waals surface area (Å²) in [5.74, 6) is 0.0275. The van der Waals surface area contributed by atoms with Crippen LogP contribution in [-0.2, 0) is 16.6 Å². The van der Waals surface area contributed by atoms with Gasteiger partial charge < -0.3 is 0 Å². The van der Waals surface area contributed by atoms with Gasteiger partial charge >= 0.3 is 0 Å². The molecule has 0 aliphatic heterocycles. The highest BCUT2D eigenvalue weighted by Gasteiger charge is 2.21. The van der Waals surface area contributed by atoms with Gasteiger partial charge in [0.2, 0.25) is 0 Å². The second kappa shape index (κ2) is 7.84. The van der Waals surface area contributed by atoms with Crippen LogP contribution >= 0.6 is 34.8 Å². The first-order valence-corrected chi connectivity index (χ1v) is 11.0. The van der Waals surface area contributed by atoms with Crippen LogP contribution < -0.4 is 4.72 Å². The number of nitrogens with one attached hydrogen (secondary N) is 1. The van der Waals surface area contributed by atoms with Gasteiger partial charge in [-0.3, -0.25) is 14.4 Å². The first-order valence-electron chi connectivity index (χ1n) is 8.37. The second-order valence-electron chi connectivity index (χ2n) is 6.21. The molecule has 1 N–H and O–H groups in total. The van der Waals surface area contributed by atoms with Crippen LogP contribution in [0.15, 0.2) is 65.8 Å². The van der Waals surface area contributed by atoms with E-state index in [1.807, 2.05) is 0 Å². The highest BCUT2D eigenvalue weighted by molar-refractivity contribution is 7.93. The number of fused-ring (bicyclic) bond motifs is 1. The molecule has 0 fully saturated rings. The predicted octanol–water partition coefficient (Wildman–Crippen LogP) is 5.24. The Hall–Kier alpha value is -2.32. The molecule has 0 bridgehead atoms. The predicted molar refractivity (Wildman–Crippen MR) is 115 cm³/mol. The molecule has 0 amide bonds. The topological polar surface area (TPSA) is 76.9 Å². The summed E-state index contributed by atoms with van der Waals surface area (Å²) < 4.78 is 29.8. The van der Waals surface area contributed by atoms with Gasteiger partial charge in [0.15, 0.2) is 5.82 Å². The Labute approximate surface area is 182 Å². The van der Waals surface area contributed by atoms with E-state index in [0.717, 1.165) is 5.56 Å². The zero-order valence-corrected chi connectivity index (χ0v) is 17.8. The summed E-state index contributed by atoms with van der Waals surface area (Å²) in [5.41, 5.74) is 1.21. The van der Waals surface area contributed by atoms with Gasteiger partial charge in [0.05, 0.1) is 22.1 Å². The number of halogens is 3. The van der Waals surface area contributed by atoms with Crippen molar-refractivity contribution in [3.63, 3.8) is 0 Å². The Kier molecular flexibility index (Phi) is 5.40. The smallest absolute Gasteiger partial charge is 0.265 e. The largest absolute Gasteiger partial charge is 0.265 e. The number of hydrogen-bond acceptors (Lipinski definition) is 4. The van der Waals surface area contributed by atoms with Crippen LogP contribution in [0.1, 0.15) is 5.56 Å². The van der Waals surface area contributed by atoms with E-state index in [0.29, 0.717) is 27.5 Å². The van der Waals surface area contributed by atoms with E-state index in [9.17, 15) is 8.42 Å². The number of sulfonamides is 1. The molecule has 0 aliphatic rings. The SMILES string of the molecule is O=S(=O)(Nc1nn(Cc2ccc(Cl)c(Cl)c2)cc1Cl)c1cccc2cccnc12. The van der Waals surface area contributed by atoms with E-state index in [1.165, 1.54) is 16.9 Å². The van der Waals surface area contributed by atoms with Gasteiger partial charge in [-0.1, -0.05) is 59.1 Å². The molecule has 2 aromatic heterocycles. The lowest BCUT2D eigenvalue weighted by Crippen LogP contribution is -2.15. The molecule has 4 rings (SSSR count). The molecule has 2 aromatic carbocycles. The average Bonchev–Trinajstić information content (AvgIpc) is 3.02. The summed E-state index contributed by atoms with van der Waals surface area (Å²) in [6.45, 7) is 0.341. The van der Waals surface area contributed by atoms with Crippen molar-refractivity contribution in [2.24, 2.45) is 0 Å². The van der Waals surface area contributed by atoms with Gasteiger partial charge in [-0.15, -0.1) is 0 Å². The minimum Gasteiger partial charge on any atom is -0.265 e. The lowest BCUT2D eigenvalue weighted by Gasteiger charge is -2.08. The molecule has 0 unspecified atom stereocenters. The van der Waals surface area contributed by atoms with Gasteiger partial charge in [0.25, 0.3) is 10.0 Å². The number of hydrogen-bond donors (Lipinski definition) is 1. The van der Waals surface area contributed by atoms with Crippen LogP contribution in [0, 0.1) is 0 Å². The molecule has 148 valence electrons. The van der Waals surface area contributed by atoms with Gasteiger partial charge in [0.1, 0.15) is 9.92 Å². The van der Waals surface area contributed by atoms with Crippen molar-refractivity contribution in [3.05, 3.63) is 81.6 Å². The van der Waals surface area contributed by atoms with Crippen molar-refractivity contribution in [2.45, 2.75) is 11.4 Å². The maximum atomic E-state index is 12.9. The Morgan fingerprint density at radius 2 is 1.76 bits per heavy atom. The normalized spacial score (nSPS) is 11.7. The van der Waals surface area contributed by atoms with Crippen molar-refractivity contribution in [1.82, 2.24) is 14.8 Å². The fourth-order valence-corrected chi connectivity index (χ4v) is 4.62. The maximum Gasteiger partial charge on any atom is 0.265 e. The number of para-hydroxylation sites is 1. The minimum absolute atomic E-state index is 0.0275. The zero-order chi connectivity index (χ0) is 20.6. The van der Waals surface area contributed by atoms with Crippen LogP contribution in [0.25, 0.3) is 10.9 Å².